The Hall–Kier alpha value is -0.820. The predicted molar refractivity (Wildman–Crippen MR) is 67.7 cm³/mol. The lowest BCUT2D eigenvalue weighted by molar-refractivity contribution is 0.179. The van der Waals surface area contributed by atoms with Crippen molar-refractivity contribution in [1.29, 1.82) is 0 Å². The molecule has 1 aromatic carbocycles. The molecule has 0 aromatic heterocycles. The van der Waals surface area contributed by atoms with Gasteiger partial charge < -0.3 is 5.11 Å². The number of aryl methyl sites for hydroxylation is 1. The van der Waals surface area contributed by atoms with Crippen LogP contribution < -0.4 is 0 Å². The van der Waals surface area contributed by atoms with Gasteiger partial charge in [-0.15, -0.1) is 0 Å². The zero-order valence-corrected chi connectivity index (χ0v) is 10.2. The molecule has 0 saturated carbocycles. The van der Waals surface area contributed by atoms with E-state index in [1.807, 2.05) is 6.92 Å². The lowest BCUT2D eigenvalue weighted by Gasteiger charge is -2.25. The molecule has 2 atom stereocenters. The topological polar surface area (TPSA) is 20.2 Å². The summed E-state index contributed by atoms with van der Waals surface area (Å²) in [5.41, 5.74) is 3.12. The van der Waals surface area contributed by atoms with Gasteiger partial charge in [-0.05, 0) is 56.1 Å². The van der Waals surface area contributed by atoms with Crippen LogP contribution in [0.3, 0.4) is 0 Å². The average Bonchev–Trinajstić information content (AvgIpc) is 2.29. The van der Waals surface area contributed by atoms with Gasteiger partial charge in [0.25, 0.3) is 0 Å². The number of rotatable bonds is 4. The Kier molecular flexibility index (Phi) is 4.00. The summed E-state index contributed by atoms with van der Waals surface area (Å²) < 4.78 is 0. The molecule has 1 aliphatic carbocycles. The summed E-state index contributed by atoms with van der Waals surface area (Å²) in [5.74, 6) is 0.740. The number of aliphatic hydroxyl groups excluding tert-OH is 1. The third-order valence-electron chi connectivity index (χ3n) is 3.67. The molecule has 1 heteroatoms. The molecule has 88 valence electrons. The molecule has 0 saturated heterocycles. The van der Waals surface area contributed by atoms with Crippen LogP contribution in [0.2, 0.25) is 0 Å². The molecule has 1 nitrogen and oxygen atoms in total. The van der Waals surface area contributed by atoms with Crippen LogP contribution in [-0.2, 0) is 6.42 Å². The van der Waals surface area contributed by atoms with Gasteiger partial charge in [0.1, 0.15) is 0 Å². The number of aliphatic hydroxyl groups is 1. The monoisotopic (exact) mass is 218 g/mol. The Balaban J connectivity index is 1.96. The molecule has 0 radical (unpaired) electrons. The maximum atomic E-state index is 9.28. The highest BCUT2D eigenvalue weighted by Crippen LogP contribution is 2.34. The summed E-state index contributed by atoms with van der Waals surface area (Å²) in [6.07, 6.45) is 7.10. The van der Waals surface area contributed by atoms with Crippen LogP contribution in [0.4, 0.5) is 0 Å². The van der Waals surface area contributed by atoms with Gasteiger partial charge in [-0.3, -0.25) is 0 Å². The zero-order valence-electron chi connectivity index (χ0n) is 10.2. The summed E-state index contributed by atoms with van der Waals surface area (Å²) in [5, 5.41) is 9.28. The van der Waals surface area contributed by atoms with Crippen LogP contribution in [0.25, 0.3) is 0 Å². The zero-order chi connectivity index (χ0) is 11.4. The smallest absolute Gasteiger partial charge is 0.0512 e. The Labute approximate surface area is 98.5 Å². The molecule has 1 aliphatic rings. The maximum absolute atomic E-state index is 9.28. The van der Waals surface area contributed by atoms with E-state index in [0.29, 0.717) is 0 Å². The van der Waals surface area contributed by atoms with Crippen molar-refractivity contribution >= 4 is 0 Å². The first kappa shape index (κ1) is 11.7. The molecule has 0 spiro atoms. The Morgan fingerprint density at radius 1 is 1.38 bits per heavy atom. The third-order valence-corrected chi connectivity index (χ3v) is 3.67. The largest absolute Gasteiger partial charge is 0.393 e. The van der Waals surface area contributed by atoms with Gasteiger partial charge in [0.2, 0.25) is 0 Å². The van der Waals surface area contributed by atoms with Crippen LogP contribution in [0, 0.1) is 0 Å². The molecule has 0 fully saturated rings. The first-order valence-corrected chi connectivity index (χ1v) is 6.53. The first-order valence-electron chi connectivity index (χ1n) is 6.53. The van der Waals surface area contributed by atoms with E-state index in [1.54, 1.807) is 11.1 Å². The molecule has 0 bridgehead atoms. The molecule has 2 unspecified atom stereocenters. The van der Waals surface area contributed by atoms with E-state index >= 15 is 0 Å². The first-order chi connectivity index (χ1) is 7.77. The van der Waals surface area contributed by atoms with Gasteiger partial charge >= 0.3 is 0 Å². The van der Waals surface area contributed by atoms with Gasteiger partial charge in [-0.1, -0.05) is 30.7 Å². The number of hydrogen-bond donors (Lipinski definition) is 1. The van der Waals surface area contributed by atoms with Crippen molar-refractivity contribution < 1.29 is 5.11 Å². The number of benzene rings is 1. The molecule has 0 aliphatic heterocycles. The molecule has 16 heavy (non-hydrogen) atoms. The minimum absolute atomic E-state index is 0.140. The normalized spacial score (nSPS) is 21.5. The molecule has 2 rings (SSSR count). The second-order valence-corrected chi connectivity index (χ2v) is 5.07. The highest BCUT2D eigenvalue weighted by atomic mass is 16.3. The third kappa shape index (κ3) is 2.85. The average molecular weight is 218 g/mol. The minimum Gasteiger partial charge on any atom is -0.393 e. The second-order valence-electron chi connectivity index (χ2n) is 5.07. The van der Waals surface area contributed by atoms with Crippen molar-refractivity contribution in [3.05, 3.63) is 35.4 Å². The van der Waals surface area contributed by atoms with E-state index in [2.05, 4.69) is 24.3 Å². The van der Waals surface area contributed by atoms with Gasteiger partial charge in [0.05, 0.1) is 6.10 Å². The van der Waals surface area contributed by atoms with E-state index in [0.717, 1.165) is 18.8 Å². The van der Waals surface area contributed by atoms with Crippen LogP contribution in [0.15, 0.2) is 24.3 Å². The maximum Gasteiger partial charge on any atom is 0.0512 e. The molecule has 0 heterocycles. The quantitative estimate of drug-likeness (QED) is 0.817. The summed E-state index contributed by atoms with van der Waals surface area (Å²) in [6, 6.07) is 8.88. The van der Waals surface area contributed by atoms with Crippen molar-refractivity contribution in [2.45, 2.75) is 57.5 Å². The second kappa shape index (κ2) is 5.49. The van der Waals surface area contributed by atoms with Gasteiger partial charge in [-0.2, -0.15) is 0 Å². The van der Waals surface area contributed by atoms with E-state index in [4.69, 9.17) is 0 Å². The van der Waals surface area contributed by atoms with Gasteiger partial charge in [0.15, 0.2) is 0 Å². The Morgan fingerprint density at radius 2 is 2.19 bits per heavy atom. The molecule has 1 N–H and O–H groups in total. The fourth-order valence-corrected chi connectivity index (χ4v) is 2.81. The van der Waals surface area contributed by atoms with E-state index in [9.17, 15) is 5.11 Å². The number of fused-ring (bicyclic) bond motifs is 1. The fourth-order valence-electron chi connectivity index (χ4n) is 2.81. The lowest BCUT2D eigenvalue weighted by atomic mass is 9.80. The van der Waals surface area contributed by atoms with Crippen molar-refractivity contribution in [2.75, 3.05) is 0 Å². The Morgan fingerprint density at radius 3 is 3.00 bits per heavy atom. The van der Waals surface area contributed by atoms with Crippen LogP contribution in [0.1, 0.15) is 56.1 Å². The van der Waals surface area contributed by atoms with Gasteiger partial charge in [0, 0.05) is 0 Å². The molecule has 1 aromatic rings. The van der Waals surface area contributed by atoms with E-state index in [-0.39, 0.29) is 6.10 Å². The summed E-state index contributed by atoms with van der Waals surface area (Å²) in [7, 11) is 0. The standard InChI is InChI=1S/C15H22O/c1-12(16)6-4-8-14-10-5-9-13-7-2-3-11-15(13)14/h2-3,7,11-12,14,16H,4-6,8-10H2,1H3. The minimum atomic E-state index is -0.140. The van der Waals surface area contributed by atoms with Gasteiger partial charge in [-0.25, -0.2) is 0 Å². The molecule has 0 amide bonds. The van der Waals surface area contributed by atoms with Crippen molar-refractivity contribution in [3.63, 3.8) is 0 Å². The summed E-state index contributed by atoms with van der Waals surface area (Å²) >= 11 is 0. The molecular formula is C15H22O. The highest BCUT2D eigenvalue weighted by Gasteiger charge is 2.19. The SMILES string of the molecule is CC(O)CCCC1CCCc2ccccc21. The number of hydrogen-bond acceptors (Lipinski definition) is 1. The summed E-state index contributed by atoms with van der Waals surface area (Å²) in [6.45, 7) is 1.88. The Bertz CT molecular complexity index is 330. The van der Waals surface area contributed by atoms with Crippen LogP contribution in [-0.4, -0.2) is 11.2 Å². The lowest BCUT2D eigenvalue weighted by Crippen LogP contribution is -2.10. The highest BCUT2D eigenvalue weighted by molar-refractivity contribution is 5.32. The van der Waals surface area contributed by atoms with Crippen molar-refractivity contribution in [1.82, 2.24) is 0 Å². The van der Waals surface area contributed by atoms with Crippen molar-refractivity contribution in [3.8, 4) is 0 Å². The fraction of sp³-hybridized carbons (Fsp3) is 0.600. The molecular weight excluding hydrogens is 196 g/mol. The van der Waals surface area contributed by atoms with E-state index < -0.39 is 0 Å². The predicted octanol–water partition coefficient (Wildman–Crippen LogP) is 3.66. The van der Waals surface area contributed by atoms with Crippen LogP contribution in [0.5, 0.6) is 0 Å². The summed E-state index contributed by atoms with van der Waals surface area (Å²) in [4.78, 5) is 0. The van der Waals surface area contributed by atoms with Crippen LogP contribution >= 0.6 is 0 Å². The van der Waals surface area contributed by atoms with Crippen molar-refractivity contribution in [2.24, 2.45) is 0 Å². The van der Waals surface area contributed by atoms with E-state index in [1.165, 1.54) is 25.7 Å².